The van der Waals surface area contributed by atoms with Crippen molar-refractivity contribution < 1.29 is 10.2 Å². The van der Waals surface area contributed by atoms with Gasteiger partial charge in [0.1, 0.15) is 12.0 Å². The van der Waals surface area contributed by atoms with Crippen molar-refractivity contribution >= 4 is 0 Å². The second-order valence-electron chi connectivity index (χ2n) is 10.3. The molecule has 1 heterocycles. The molecular weight excluding hydrogens is 408 g/mol. The van der Waals surface area contributed by atoms with Crippen LogP contribution >= 0.6 is 0 Å². The maximum Gasteiger partial charge on any atom is 0.115 e. The van der Waals surface area contributed by atoms with Gasteiger partial charge in [-0.2, -0.15) is 0 Å². The van der Waals surface area contributed by atoms with Gasteiger partial charge in [-0.25, -0.2) is 0 Å². The van der Waals surface area contributed by atoms with Gasteiger partial charge in [-0.1, -0.05) is 96.1 Å². The highest BCUT2D eigenvalue weighted by Crippen LogP contribution is 2.16. The van der Waals surface area contributed by atoms with E-state index in [1.54, 1.807) is 12.1 Å². The van der Waals surface area contributed by atoms with Crippen LogP contribution in [0.4, 0.5) is 0 Å². The summed E-state index contributed by atoms with van der Waals surface area (Å²) >= 11 is 0. The zero-order valence-electron chi connectivity index (χ0n) is 21.4. The molecular formula is C29H52N2O2. The number of aliphatic hydroxyl groups excluding tert-OH is 1. The predicted octanol–water partition coefficient (Wildman–Crippen LogP) is 6.79. The summed E-state index contributed by atoms with van der Waals surface area (Å²) in [6.45, 7) is 5.60. The van der Waals surface area contributed by atoms with E-state index < -0.39 is 6.23 Å². The molecule has 0 spiro atoms. The number of benzene rings is 1. The largest absolute Gasteiger partial charge is 0.508 e. The van der Waals surface area contributed by atoms with Crippen LogP contribution in [0, 0.1) is 0 Å². The summed E-state index contributed by atoms with van der Waals surface area (Å²) < 4.78 is 0. The normalized spacial score (nSPS) is 16.3. The fraction of sp³-hybridized carbons (Fsp3) is 0.793. The first-order valence-electron chi connectivity index (χ1n) is 14.1. The number of nitrogens with zero attached hydrogens (tertiary/aromatic N) is 1. The maximum absolute atomic E-state index is 10.6. The summed E-state index contributed by atoms with van der Waals surface area (Å²) in [4.78, 5) is 2.51. The van der Waals surface area contributed by atoms with Crippen molar-refractivity contribution in [3.63, 3.8) is 0 Å². The Hall–Kier alpha value is -1.10. The molecule has 1 aromatic rings. The summed E-state index contributed by atoms with van der Waals surface area (Å²) in [6, 6.07) is 7.74. The van der Waals surface area contributed by atoms with Crippen LogP contribution in [0.1, 0.15) is 115 Å². The highest BCUT2D eigenvalue weighted by Gasteiger charge is 2.20. The number of hydrogen-bond acceptors (Lipinski definition) is 4. The topological polar surface area (TPSA) is 55.7 Å². The van der Waals surface area contributed by atoms with Crippen LogP contribution in [-0.4, -0.2) is 47.0 Å². The first-order valence-corrected chi connectivity index (χ1v) is 14.1. The van der Waals surface area contributed by atoms with E-state index >= 15 is 0 Å². The Morgan fingerprint density at radius 2 is 1.30 bits per heavy atom. The number of likely N-dealkylation sites (tertiary alicyclic amines) is 1. The van der Waals surface area contributed by atoms with E-state index in [4.69, 9.17) is 0 Å². The number of nitrogens with one attached hydrogen (secondary N) is 1. The summed E-state index contributed by atoms with van der Waals surface area (Å²) in [5, 5.41) is 23.7. The van der Waals surface area contributed by atoms with Gasteiger partial charge in [0.15, 0.2) is 0 Å². The Morgan fingerprint density at radius 3 is 1.85 bits per heavy atom. The van der Waals surface area contributed by atoms with Crippen LogP contribution in [0.2, 0.25) is 0 Å². The molecule has 3 N–H and O–H groups in total. The first kappa shape index (κ1) is 28.1. The lowest BCUT2D eigenvalue weighted by Crippen LogP contribution is -2.46. The molecule has 33 heavy (non-hydrogen) atoms. The highest BCUT2D eigenvalue weighted by molar-refractivity contribution is 5.26. The van der Waals surface area contributed by atoms with E-state index in [-0.39, 0.29) is 6.04 Å². The van der Waals surface area contributed by atoms with Gasteiger partial charge < -0.3 is 15.1 Å². The number of rotatable bonds is 20. The fourth-order valence-electron chi connectivity index (χ4n) is 5.08. The molecule has 0 radical (unpaired) electrons. The number of aliphatic hydroxyl groups is 1. The Labute approximate surface area is 204 Å². The molecule has 1 aliphatic rings. The molecule has 1 unspecified atom stereocenters. The summed E-state index contributed by atoms with van der Waals surface area (Å²) in [6.07, 6.45) is 21.5. The minimum atomic E-state index is -0.428. The Morgan fingerprint density at radius 1 is 0.788 bits per heavy atom. The second-order valence-corrected chi connectivity index (χ2v) is 10.3. The van der Waals surface area contributed by atoms with Crippen molar-refractivity contribution in [1.29, 1.82) is 0 Å². The van der Waals surface area contributed by atoms with Crippen LogP contribution in [0.5, 0.6) is 5.75 Å². The van der Waals surface area contributed by atoms with Crippen LogP contribution in [0.25, 0.3) is 0 Å². The van der Waals surface area contributed by atoms with Crippen molar-refractivity contribution in [1.82, 2.24) is 10.2 Å². The third-order valence-corrected chi connectivity index (χ3v) is 7.10. The number of aromatic hydroxyl groups is 1. The van der Waals surface area contributed by atoms with E-state index in [1.165, 1.54) is 109 Å². The minimum Gasteiger partial charge on any atom is -0.508 e. The molecule has 4 heteroatoms. The Balaban J connectivity index is 1.53. The standard InChI is InChI=1S/C29H52N2O2/c1-2-3-4-5-6-7-8-9-10-11-12-13-14-17-29(33)30-27(25-31-22-15-16-23-31)24-26-18-20-28(32)21-19-26/h18-21,27,29-30,32-33H,2-17,22-25H2,1H3/t27-,29?/m0/s1. The van der Waals surface area contributed by atoms with Crippen molar-refractivity contribution in [2.24, 2.45) is 0 Å². The molecule has 1 aliphatic heterocycles. The Bertz CT molecular complexity index is 571. The minimum absolute atomic E-state index is 0.240. The summed E-state index contributed by atoms with van der Waals surface area (Å²) in [7, 11) is 0. The molecule has 2 rings (SSSR count). The van der Waals surface area contributed by atoms with Gasteiger partial charge in [0.05, 0.1) is 0 Å². The van der Waals surface area contributed by atoms with E-state index in [0.717, 1.165) is 25.8 Å². The van der Waals surface area contributed by atoms with Gasteiger partial charge >= 0.3 is 0 Å². The fourth-order valence-corrected chi connectivity index (χ4v) is 5.08. The lowest BCUT2D eigenvalue weighted by molar-refractivity contribution is 0.101. The van der Waals surface area contributed by atoms with Crippen molar-refractivity contribution in [2.45, 2.75) is 128 Å². The molecule has 1 saturated heterocycles. The van der Waals surface area contributed by atoms with E-state index in [0.29, 0.717) is 5.75 Å². The van der Waals surface area contributed by atoms with Crippen molar-refractivity contribution in [3.8, 4) is 5.75 Å². The summed E-state index contributed by atoms with van der Waals surface area (Å²) in [5.74, 6) is 0.310. The lowest BCUT2D eigenvalue weighted by atomic mass is 10.0. The summed E-state index contributed by atoms with van der Waals surface area (Å²) in [5.41, 5.74) is 1.21. The molecule has 190 valence electrons. The van der Waals surface area contributed by atoms with Gasteiger partial charge in [0.25, 0.3) is 0 Å². The molecule has 2 atom stereocenters. The molecule has 0 bridgehead atoms. The van der Waals surface area contributed by atoms with E-state index in [2.05, 4.69) is 17.1 Å². The monoisotopic (exact) mass is 460 g/mol. The van der Waals surface area contributed by atoms with Crippen molar-refractivity contribution in [3.05, 3.63) is 29.8 Å². The molecule has 0 saturated carbocycles. The predicted molar refractivity (Wildman–Crippen MR) is 141 cm³/mol. The smallest absolute Gasteiger partial charge is 0.115 e. The third-order valence-electron chi connectivity index (χ3n) is 7.10. The van der Waals surface area contributed by atoms with Gasteiger partial charge in [-0.15, -0.1) is 0 Å². The zero-order valence-corrected chi connectivity index (χ0v) is 21.4. The number of unbranched alkanes of at least 4 members (excludes halogenated alkanes) is 12. The highest BCUT2D eigenvalue weighted by atomic mass is 16.3. The van der Waals surface area contributed by atoms with Crippen LogP contribution in [-0.2, 0) is 6.42 Å². The molecule has 1 aromatic carbocycles. The molecule has 4 nitrogen and oxygen atoms in total. The molecule has 0 aliphatic carbocycles. The van der Waals surface area contributed by atoms with Crippen LogP contribution in [0.15, 0.2) is 24.3 Å². The number of phenols is 1. The molecule has 0 amide bonds. The van der Waals surface area contributed by atoms with Crippen molar-refractivity contribution in [2.75, 3.05) is 19.6 Å². The molecule has 0 aromatic heterocycles. The first-order chi connectivity index (χ1) is 16.2. The van der Waals surface area contributed by atoms with E-state index in [1.807, 2.05) is 12.1 Å². The van der Waals surface area contributed by atoms with E-state index in [9.17, 15) is 10.2 Å². The maximum atomic E-state index is 10.6. The van der Waals surface area contributed by atoms with Gasteiger partial charge in [0.2, 0.25) is 0 Å². The van der Waals surface area contributed by atoms with Gasteiger partial charge in [-0.05, 0) is 62.9 Å². The number of phenolic OH excluding ortho intramolecular Hbond substituents is 1. The second kappa shape index (κ2) is 18.3. The van der Waals surface area contributed by atoms with Crippen LogP contribution in [0.3, 0.4) is 0 Å². The average Bonchev–Trinajstić information content (AvgIpc) is 3.31. The molecule has 1 fully saturated rings. The third kappa shape index (κ3) is 14.0. The zero-order chi connectivity index (χ0) is 23.6. The number of hydrogen-bond donors (Lipinski definition) is 3. The van der Waals surface area contributed by atoms with Gasteiger partial charge in [0, 0.05) is 12.6 Å². The SMILES string of the molecule is CCCCCCCCCCCCCCCC(O)N[C@@H](Cc1ccc(O)cc1)CN1CCCC1. The quantitative estimate of drug-likeness (QED) is 0.148. The average molecular weight is 461 g/mol. The lowest BCUT2D eigenvalue weighted by Gasteiger charge is -2.27. The van der Waals surface area contributed by atoms with Gasteiger partial charge in [-0.3, -0.25) is 5.32 Å². The Kier molecular flexibility index (Phi) is 15.6. The van der Waals surface area contributed by atoms with Crippen LogP contribution < -0.4 is 5.32 Å².